The zero-order chi connectivity index (χ0) is 29.9. The lowest BCUT2D eigenvalue weighted by atomic mass is 10.1. The van der Waals surface area contributed by atoms with Gasteiger partial charge in [-0.1, -0.05) is 30.0 Å². The van der Waals surface area contributed by atoms with Crippen molar-refractivity contribution in [3.63, 3.8) is 0 Å². The van der Waals surface area contributed by atoms with Crippen molar-refractivity contribution in [1.29, 1.82) is 0 Å². The van der Waals surface area contributed by atoms with Crippen LogP contribution >= 0.6 is 11.8 Å². The summed E-state index contributed by atoms with van der Waals surface area (Å²) in [6.45, 7) is 0.426. The van der Waals surface area contributed by atoms with Gasteiger partial charge in [-0.2, -0.15) is 0 Å². The van der Waals surface area contributed by atoms with E-state index in [0.29, 0.717) is 50.9 Å². The Morgan fingerprint density at radius 3 is 2.70 bits per heavy atom. The van der Waals surface area contributed by atoms with E-state index < -0.39 is 6.04 Å². The minimum Gasteiger partial charge on any atom is -0.497 e. The fourth-order valence-corrected chi connectivity index (χ4v) is 5.56. The first-order chi connectivity index (χ1) is 20.9. The van der Waals surface area contributed by atoms with Gasteiger partial charge in [-0.05, 0) is 42.0 Å². The van der Waals surface area contributed by atoms with Crippen LogP contribution in [0.15, 0.2) is 70.6 Å². The Hall–Kier alpha value is -5.04. The van der Waals surface area contributed by atoms with E-state index in [1.54, 1.807) is 30.3 Å². The molecule has 0 unspecified atom stereocenters. The molecule has 220 valence electrons. The first-order valence-electron chi connectivity index (χ1n) is 13.3. The molecular formula is C30H27N5O7S. The number of para-hydroxylation sites is 1. The molecule has 0 spiro atoms. The van der Waals surface area contributed by atoms with E-state index >= 15 is 0 Å². The van der Waals surface area contributed by atoms with Gasteiger partial charge >= 0.3 is 0 Å². The van der Waals surface area contributed by atoms with Crippen LogP contribution in [0, 0.1) is 0 Å². The van der Waals surface area contributed by atoms with E-state index in [0.717, 1.165) is 17.3 Å². The average Bonchev–Trinajstić information content (AvgIpc) is 3.63. The molecule has 0 saturated carbocycles. The summed E-state index contributed by atoms with van der Waals surface area (Å²) in [4.78, 5) is 50.0. The van der Waals surface area contributed by atoms with Crippen molar-refractivity contribution in [3.8, 4) is 23.0 Å². The molecule has 13 heteroatoms. The summed E-state index contributed by atoms with van der Waals surface area (Å²) in [6.07, 6.45) is -0.139. The van der Waals surface area contributed by atoms with E-state index in [9.17, 15) is 14.4 Å². The van der Waals surface area contributed by atoms with Crippen LogP contribution in [-0.4, -0.2) is 66.4 Å². The van der Waals surface area contributed by atoms with Crippen LogP contribution in [0.1, 0.15) is 17.5 Å². The highest BCUT2D eigenvalue weighted by Crippen LogP contribution is 2.35. The number of thioether (sulfide) groups is 1. The smallest absolute Gasteiger partial charge is 0.259 e. The first-order valence-corrected chi connectivity index (χ1v) is 14.3. The molecule has 1 atom stereocenters. The number of methoxy groups -OCH3 is 2. The Kier molecular flexibility index (Phi) is 7.88. The molecule has 0 aromatic heterocycles. The minimum atomic E-state index is -0.932. The van der Waals surface area contributed by atoms with Crippen molar-refractivity contribution >= 4 is 51.9 Å². The molecule has 0 aliphatic carbocycles. The second-order valence-corrected chi connectivity index (χ2v) is 10.6. The number of amidine groups is 2. The lowest BCUT2D eigenvalue weighted by Gasteiger charge is -2.25. The lowest BCUT2D eigenvalue weighted by molar-refractivity contribution is -0.128. The average molecular weight is 602 g/mol. The summed E-state index contributed by atoms with van der Waals surface area (Å²) in [6, 6.07) is 16.9. The number of carbonyl (C=O) groups is 3. The van der Waals surface area contributed by atoms with Crippen LogP contribution in [-0.2, 0) is 20.9 Å². The Bertz CT molecular complexity index is 1670. The zero-order valence-corrected chi connectivity index (χ0v) is 24.1. The maximum Gasteiger partial charge on any atom is 0.259 e. The van der Waals surface area contributed by atoms with Gasteiger partial charge in [0.05, 0.1) is 37.8 Å². The highest BCUT2D eigenvalue weighted by Gasteiger charge is 2.42. The predicted molar refractivity (Wildman–Crippen MR) is 160 cm³/mol. The predicted octanol–water partition coefficient (Wildman–Crippen LogP) is 3.47. The van der Waals surface area contributed by atoms with Gasteiger partial charge in [0.1, 0.15) is 23.4 Å². The number of carbonyl (C=O) groups excluding carboxylic acids is 3. The van der Waals surface area contributed by atoms with E-state index in [1.807, 2.05) is 30.3 Å². The number of nitrogens with zero attached hydrogens (tertiary/aromatic N) is 3. The van der Waals surface area contributed by atoms with Gasteiger partial charge in [0.2, 0.25) is 18.6 Å². The molecule has 3 heterocycles. The molecular weight excluding hydrogens is 574 g/mol. The molecule has 3 aromatic rings. The summed E-state index contributed by atoms with van der Waals surface area (Å²) in [5.74, 6) is 1.64. The fraction of sp³-hybridized carbons (Fsp3) is 0.233. The third-order valence-electron chi connectivity index (χ3n) is 6.87. The van der Waals surface area contributed by atoms with Gasteiger partial charge < -0.3 is 29.6 Å². The maximum atomic E-state index is 13.6. The molecule has 3 aliphatic heterocycles. The molecule has 43 heavy (non-hydrogen) atoms. The summed E-state index contributed by atoms with van der Waals surface area (Å²) in [5.41, 5.74) is 2.59. The van der Waals surface area contributed by atoms with Gasteiger partial charge in [0, 0.05) is 18.2 Å². The molecule has 0 bridgehead atoms. The second-order valence-electron chi connectivity index (χ2n) is 9.63. The third kappa shape index (κ3) is 5.84. The minimum absolute atomic E-state index is 0.0426. The van der Waals surface area contributed by atoms with E-state index in [4.69, 9.17) is 18.9 Å². The highest BCUT2D eigenvalue weighted by atomic mass is 32.2. The Morgan fingerprint density at radius 2 is 1.86 bits per heavy atom. The Morgan fingerprint density at radius 1 is 1.02 bits per heavy atom. The normalized spacial score (nSPS) is 16.1. The molecule has 12 nitrogen and oxygen atoms in total. The lowest BCUT2D eigenvalue weighted by Crippen LogP contribution is -2.42. The number of aliphatic imine (C=N–C) groups is 2. The number of hydrogen-bond acceptors (Lipinski definition) is 10. The van der Waals surface area contributed by atoms with Crippen molar-refractivity contribution in [3.05, 3.63) is 71.8 Å². The molecule has 3 amide bonds. The van der Waals surface area contributed by atoms with Gasteiger partial charge in [-0.25, -0.2) is 9.89 Å². The van der Waals surface area contributed by atoms with Crippen molar-refractivity contribution in [2.75, 3.05) is 32.1 Å². The number of ether oxygens (including phenoxy) is 4. The van der Waals surface area contributed by atoms with Gasteiger partial charge in [-0.15, -0.1) is 0 Å². The molecule has 2 N–H and O–H groups in total. The standard InChI is InChI=1S/C30H27N5O7S/c1-39-18-8-10-23(40-2)21(12-18)32-27(37)15-43-30-34-20-6-4-3-5-19(20)28-33-22(29(38)35(28)30)13-26(36)31-14-17-7-9-24-25(11-17)42-16-41-24/h3-12,22H,13-16H2,1-2H3,(H,31,36)(H,32,37)/t22-/m0/s1. The number of anilines is 1. The molecule has 6 rings (SSSR count). The number of fused-ring (bicyclic) bond motifs is 4. The van der Waals surface area contributed by atoms with Crippen LogP contribution in [0.25, 0.3) is 0 Å². The van der Waals surface area contributed by atoms with Crippen molar-refractivity contribution < 1.29 is 33.3 Å². The summed E-state index contributed by atoms with van der Waals surface area (Å²) >= 11 is 1.10. The van der Waals surface area contributed by atoms with Gasteiger partial charge in [0.25, 0.3) is 5.91 Å². The van der Waals surface area contributed by atoms with E-state index in [-0.39, 0.29) is 43.2 Å². The molecule has 3 aromatic carbocycles. The summed E-state index contributed by atoms with van der Waals surface area (Å²) in [5, 5.41) is 5.97. The van der Waals surface area contributed by atoms with E-state index in [2.05, 4.69) is 20.6 Å². The number of rotatable bonds is 9. The number of nitrogens with one attached hydrogen (secondary N) is 2. The van der Waals surface area contributed by atoms with Crippen LogP contribution < -0.4 is 29.6 Å². The first kappa shape index (κ1) is 28.1. The highest BCUT2D eigenvalue weighted by molar-refractivity contribution is 8.14. The topological polar surface area (TPSA) is 140 Å². The number of hydrogen-bond donors (Lipinski definition) is 2. The van der Waals surface area contributed by atoms with Crippen LogP contribution in [0.4, 0.5) is 11.4 Å². The fourth-order valence-electron chi connectivity index (χ4n) is 4.76. The summed E-state index contributed by atoms with van der Waals surface area (Å²) in [7, 11) is 3.04. The van der Waals surface area contributed by atoms with Crippen molar-refractivity contribution in [1.82, 2.24) is 10.2 Å². The van der Waals surface area contributed by atoms with Gasteiger partial charge in [0.15, 0.2) is 16.7 Å². The van der Waals surface area contributed by atoms with Crippen LogP contribution in [0.2, 0.25) is 0 Å². The monoisotopic (exact) mass is 601 g/mol. The Balaban J connectivity index is 1.13. The second kappa shape index (κ2) is 12.1. The quantitative estimate of drug-likeness (QED) is 0.380. The molecule has 0 fully saturated rings. The van der Waals surface area contributed by atoms with Crippen LogP contribution in [0.5, 0.6) is 23.0 Å². The molecule has 3 aliphatic rings. The van der Waals surface area contributed by atoms with Crippen LogP contribution in [0.3, 0.4) is 0 Å². The van der Waals surface area contributed by atoms with Crippen molar-refractivity contribution in [2.24, 2.45) is 9.98 Å². The SMILES string of the molecule is COc1ccc(OC)c(NC(=O)CSC2=Nc3ccccc3C3=N[C@@H](CC(=O)NCc4ccc5c(c4)OCO5)C(=O)N23)c1. The Labute approximate surface area is 251 Å². The largest absolute Gasteiger partial charge is 0.497 e. The number of amides is 3. The van der Waals surface area contributed by atoms with Gasteiger partial charge in [-0.3, -0.25) is 19.4 Å². The molecule has 0 saturated heterocycles. The third-order valence-corrected chi connectivity index (χ3v) is 7.80. The zero-order valence-electron chi connectivity index (χ0n) is 23.3. The molecule has 0 radical (unpaired) electrons. The maximum absolute atomic E-state index is 13.6. The summed E-state index contributed by atoms with van der Waals surface area (Å²) < 4.78 is 21.3. The van der Waals surface area contributed by atoms with E-state index in [1.165, 1.54) is 19.1 Å². The van der Waals surface area contributed by atoms with Crippen molar-refractivity contribution in [2.45, 2.75) is 19.0 Å². The number of benzene rings is 3.